The van der Waals surface area contributed by atoms with E-state index in [0.29, 0.717) is 18.4 Å². The highest BCUT2D eigenvalue weighted by molar-refractivity contribution is 6.02. The van der Waals surface area contributed by atoms with Crippen LogP contribution < -0.4 is 11.1 Å². The van der Waals surface area contributed by atoms with Crippen molar-refractivity contribution in [3.05, 3.63) is 59.2 Å². The predicted molar refractivity (Wildman–Crippen MR) is 108 cm³/mol. The number of amidine groups is 1. The molecule has 9 heteroatoms. The van der Waals surface area contributed by atoms with E-state index in [9.17, 15) is 13.6 Å². The van der Waals surface area contributed by atoms with Gasteiger partial charge >= 0.3 is 0 Å². The van der Waals surface area contributed by atoms with Crippen LogP contribution in [0.25, 0.3) is 0 Å². The van der Waals surface area contributed by atoms with Crippen molar-refractivity contribution in [2.75, 3.05) is 5.32 Å². The van der Waals surface area contributed by atoms with Gasteiger partial charge in [-0.15, -0.1) is 6.42 Å². The highest BCUT2D eigenvalue weighted by Gasteiger charge is 2.56. The summed E-state index contributed by atoms with van der Waals surface area (Å²) in [5.74, 6) is 1.21. The third-order valence-corrected chi connectivity index (χ3v) is 5.38. The lowest BCUT2D eigenvalue weighted by Crippen LogP contribution is -2.45. The third-order valence-electron chi connectivity index (χ3n) is 5.38. The molecule has 2 heterocycles. The molecule has 2 aromatic rings. The lowest BCUT2D eigenvalue weighted by Gasteiger charge is -2.35. The lowest BCUT2D eigenvalue weighted by molar-refractivity contribution is 0.0373. The zero-order valence-corrected chi connectivity index (χ0v) is 16.2. The second-order valence-electron chi connectivity index (χ2n) is 7.49. The van der Waals surface area contributed by atoms with Crippen LogP contribution in [0.5, 0.6) is 0 Å². The average Bonchev–Trinajstić information content (AvgIpc) is 3.53. The van der Waals surface area contributed by atoms with Gasteiger partial charge in [-0.05, 0) is 43.2 Å². The van der Waals surface area contributed by atoms with Gasteiger partial charge in [0.05, 0.1) is 5.56 Å². The number of hydrogen-bond acceptors (Lipinski definition) is 6. The number of carbonyl (C=O) groups excluding carboxylic acids is 1. The van der Waals surface area contributed by atoms with Gasteiger partial charge in [0.1, 0.15) is 29.4 Å². The van der Waals surface area contributed by atoms with E-state index in [0.717, 1.165) is 6.07 Å². The fourth-order valence-corrected chi connectivity index (χ4v) is 3.49. The number of anilines is 1. The van der Waals surface area contributed by atoms with Gasteiger partial charge in [0, 0.05) is 23.9 Å². The minimum absolute atomic E-state index is 0.0268. The van der Waals surface area contributed by atoms with Gasteiger partial charge in [0.2, 0.25) is 0 Å². The smallest absolute Gasteiger partial charge is 0.284 e. The summed E-state index contributed by atoms with van der Waals surface area (Å²) in [6, 6.07) is 8.28. The van der Waals surface area contributed by atoms with Gasteiger partial charge in [-0.25, -0.2) is 18.8 Å². The van der Waals surface area contributed by atoms with Crippen LogP contribution in [0, 0.1) is 29.5 Å². The molecule has 1 aliphatic heterocycles. The van der Waals surface area contributed by atoms with Gasteiger partial charge in [-0.3, -0.25) is 4.79 Å². The average molecular weight is 421 g/mol. The molecule has 2 aliphatic rings. The van der Waals surface area contributed by atoms with Crippen LogP contribution in [0.2, 0.25) is 0 Å². The second kappa shape index (κ2) is 7.37. The molecule has 1 aliphatic carbocycles. The minimum atomic E-state index is -1.58. The van der Waals surface area contributed by atoms with Crippen molar-refractivity contribution in [1.82, 2.24) is 4.98 Å². The highest BCUT2D eigenvalue weighted by Crippen LogP contribution is 2.50. The summed E-state index contributed by atoms with van der Waals surface area (Å²) >= 11 is 0. The Kier molecular flexibility index (Phi) is 4.82. The van der Waals surface area contributed by atoms with E-state index in [1.807, 2.05) is 6.07 Å². The van der Waals surface area contributed by atoms with Gasteiger partial charge in [0.15, 0.2) is 5.54 Å². The maximum absolute atomic E-state index is 14.8. The number of nitriles is 1. The molecule has 1 amide bonds. The van der Waals surface area contributed by atoms with Crippen LogP contribution in [0.1, 0.15) is 40.9 Å². The zero-order valence-electron chi connectivity index (χ0n) is 16.2. The number of aromatic nitrogens is 1. The number of rotatable bonds is 4. The van der Waals surface area contributed by atoms with E-state index >= 15 is 0 Å². The second-order valence-corrected chi connectivity index (χ2v) is 7.49. The number of halogens is 2. The minimum Gasteiger partial charge on any atom is -0.459 e. The number of nitrogens with zero attached hydrogens (tertiary/aromatic N) is 3. The largest absolute Gasteiger partial charge is 0.459 e. The molecule has 7 nitrogen and oxygen atoms in total. The van der Waals surface area contributed by atoms with E-state index in [-0.39, 0.29) is 29.4 Å². The fraction of sp³-hybridized carbons (Fsp3) is 0.273. The van der Waals surface area contributed by atoms with Crippen molar-refractivity contribution in [2.45, 2.75) is 36.6 Å². The molecule has 1 fully saturated rings. The Balaban J connectivity index is 1.65. The SMILES string of the molecule is C#CC1(c2cc(NC(=O)c3ccc(C#N)cn3)ccc2F)CC(C2(F)CC2)OC(N)=N1. The number of pyridine rings is 1. The van der Waals surface area contributed by atoms with Crippen LogP contribution in [0.4, 0.5) is 14.5 Å². The molecule has 1 aromatic carbocycles. The van der Waals surface area contributed by atoms with Crippen molar-refractivity contribution in [2.24, 2.45) is 10.7 Å². The Morgan fingerprint density at radius 1 is 1.35 bits per heavy atom. The normalized spacial score (nSPS) is 23.5. The molecule has 31 heavy (non-hydrogen) atoms. The number of nitrogens with two attached hydrogens (primary N) is 1. The number of ether oxygens (including phenoxy) is 1. The highest BCUT2D eigenvalue weighted by atomic mass is 19.1. The molecule has 0 bridgehead atoms. The molecule has 0 spiro atoms. The number of terminal acetylenes is 1. The van der Waals surface area contributed by atoms with Crippen molar-refractivity contribution >= 4 is 17.6 Å². The van der Waals surface area contributed by atoms with E-state index in [4.69, 9.17) is 22.2 Å². The molecule has 1 saturated carbocycles. The molecule has 1 aromatic heterocycles. The predicted octanol–water partition coefficient (Wildman–Crippen LogP) is 2.78. The van der Waals surface area contributed by atoms with E-state index in [1.54, 1.807) is 0 Å². The van der Waals surface area contributed by atoms with Crippen LogP contribution in [0.3, 0.4) is 0 Å². The van der Waals surface area contributed by atoms with E-state index in [1.165, 1.54) is 30.5 Å². The molecule has 156 valence electrons. The summed E-state index contributed by atoms with van der Waals surface area (Å²) < 4.78 is 34.8. The number of nitrogens with one attached hydrogen (secondary N) is 1. The maximum atomic E-state index is 14.8. The molecular formula is C22H17F2N5O2. The van der Waals surface area contributed by atoms with Crippen molar-refractivity contribution in [3.8, 4) is 18.4 Å². The number of amides is 1. The molecule has 3 N–H and O–H groups in total. The molecular weight excluding hydrogens is 404 g/mol. The first-order valence-corrected chi connectivity index (χ1v) is 9.45. The summed E-state index contributed by atoms with van der Waals surface area (Å²) in [5.41, 5.74) is 3.19. The quantitative estimate of drug-likeness (QED) is 0.737. The number of benzene rings is 1. The first-order valence-electron chi connectivity index (χ1n) is 9.45. The summed E-state index contributed by atoms with van der Waals surface area (Å²) in [6.07, 6.45) is 6.56. The van der Waals surface area contributed by atoms with Crippen molar-refractivity contribution in [1.29, 1.82) is 5.26 Å². The van der Waals surface area contributed by atoms with Crippen LogP contribution in [-0.2, 0) is 10.3 Å². The van der Waals surface area contributed by atoms with Gasteiger partial charge in [-0.2, -0.15) is 5.26 Å². The van der Waals surface area contributed by atoms with Gasteiger partial charge < -0.3 is 15.8 Å². The molecule has 2 unspecified atom stereocenters. The van der Waals surface area contributed by atoms with Crippen molar-refractivity contribution < 1.29 is 18.3 Å². The standard InChI is InChI=1S/C22H17F2N5O2/c1-2-22(10-18(21(24)7-8-21)31-20(26)29-22)15-9-14(4-5-16(15)23)28-19(30)17-6-3-13(11-25)12-27-17/h1,3-6,9,12,18H,7-8,10H2,(H2,26,29)(H,28,30). The Labute approximate surface area is 176 Å². The molecule has 2 atom stereocenters. The van der Waals surface area contributed by atoms with Crippen LogP contribution >= 0.6 is 0 Å². The van der Waals surface area contributed by atoms with Crippen LogP contribution in [-0.4, -0.2) is 28.7 Å². The number of carbonyl (C=O) groups is 1. The number of aliphatic imine (C=N–C) groups is 1. The summed E-state index contributed by atoms with van der Waals surface area (Å²) in [6.45, 7) is 0. The van der Waals surface area contributed by atoms with Crippen molar-refractivity contribution in [3.63, 3.8) is 0 Å². The number of hydrogen-bond donors (Lipinski definition) is 2. The first kappa shape index (κ1) is 20.3. The molecule has 0 radical (unpaired) electrons. The lowest BCUT2D eigenvalue weighted by atomic mass is 9.83. The zero-order chi connectivity index (χ0) is 22.2. The Hall–Kier alpha value is -3.98. The van der Waals surface area contributed by atoms with E-state index < -0.39 is 29.0 Å². The van der Waals surface area contributed by atoms with Crippen LogP contribution in [0.15, 0.2) is 41.5 Å². The summed E-state index contributed by atoms with van der Waals surface area (Å²) in [5, 5.41) is 11.4. The fourth-order valence-electron chi connectivity index (χ4n) is 3.49. The summed E-state index contributed by atoms with van der Waals surface area (Å²) in [7, 11) is 0. The monoisotopic (exact) mass is 421 g/mol. The van der Waals surface area contributed by atoms with Gasteiger partial charge in [-0.1, -0.05) is 5.92 Å². The Morgan fingerprint density at radius 3 is 2.74 bits per heavy atom. The first-order chi connectivity index (χ1) is 14.8. The molecule has 4 rings (SSSR count). The topological polar surface area (TPSA) is 113 Å². The Morgan fingerprint density at radius 2 is 2.13 bits per heavy atom. The number of alkyl halides is 1. The third kappa shape index (κ3) is 3.78. The van der Waals surface area contributed by atoms with E-state index in [2.05, 4.69) is 21.2 Å². The Bertz CT molecular complexity index is 1160. The maximum Gasteiger partial charge on any atom is 0.284 e. The van der Waals surface area contributed by atoms with Gasteiger partial charge in [0.25, 0.3) is 11.9 Å². The molecule has 0 saturated heterocycles. The summed E-state index contributed by atoms with van der Waals surface area (Å²) in [4.78, 5) is 20.5.